The average molecular weight is 405 g/mol. The van der Waals surface area contributed by atoms with Crippen molar-refractivity contribution in [2.24, 2.45) is 0 Å². The lowest BCUT2D eigenvalue weighted by atomic mass is 10.1. The normalized spacial score (nSPS) is 13.5. The number of carbonyl (C=O) groups is 3. The van der Waals surface area contributed by atoms with E-state index in [1.807, 2.05) is 0 Å². The van der Waals surface area contributed by atoms with Crippen molar-refractivity contribution in [1.82, 2.24) is 4.90 Å². The summed E-state index contributed by atoms with van der Waals surface area (Å²) in [5.41, 5.74) is 0.591. The van der Waals surface area contributed by atoms with Gasteiger partial charge in [-0.05, 0) is 36.4 Å². The van der Waals surface area contributed by atoms with Crippen LogP contribution in [0.3, 0.4) is 0 Å². The number of hydrogen-bond donors (Lipinski definition) is 0. The van der Waals surface area contributed by atoms with Gasteiger partial charge in [0, 0.05) is 0 Å². The van der Waals surface area contributed by atoms with Crippen molar-refractivity contribution in [3.63, 3.8) is 0 Å². The topological polar surface area (TPSA) is 97.8 Å². The van der Waals surface area contributed by atoms with E-state index in [9.17, 15) is 27.2 Å². The van der Waals surface area contributed by atoms with Gasteiger partial charge in [-0.1, -0.05) is 12.1 Å². The molecule has 0 aliphatic carbocycles. The molecule has 7 nitrogen and oxygen atoms in total. The quantitative estimate of drug-likeness (QED) is 0.396. The molecule has 0 saturated carbocycles. The van der Waals surface area contributed by atoms with Crippen LogP contribution in [0.5, 0.6) is 0 Å². The molecule has 0 atom stereocenters. The van der Waals surface area contributed by atoms with Crippen molar-refractivity contribution in [2.45, 2.75) is 11.3 Å². The van der Waals surface area contributed by atoms with Crippen LogP contribution in [0.2, 0.25) is 0 Å². The third kappa shape index (κ3) is 4.09. The molecule has 0 radical (unpaired) electrons. The molecule has 0 N–H and O–H groups in total. The standard InChI is InChI=1S/C19H16FNO6S/c20-13-5-7-14(8-6-13)28(25,26)12-9-17(22)27-11-10-21-18(23)15-3-1-2-4-16(15)19(21)24/h1-8H,9-12H2. The summed E-state index contributed by atoms with van der Waals surface area (Å²) in [6, 6.07) is 10.7. The molecule has 146 valence electrons. The highest BCUT2D eigenvalue weighted by molar-refractivity contribution is 7.91. The lowest BCUT2D eigenvalue weighted by Crippen LogP contribution is -2.33. The number of rotatable bonds is 7. The van der Waals surface area contributed by atoms with Crippen LogP contribution in [0.15, 0.2) is 53.4 Å². The van der Waals surface area contributed by atoms with Crippen molar-refractivity contribution in [3.8, 4) is 0 Å². The van der Waals surface area contributed by atoms with Gasteiger partial charge in [0.2, 0.25) is 0 Å². The summed E-state index contributed by atoms with van der Waals surface area (Å²) in [5.74, 6) is -2.76. The van der Waals surface area contributed by atoms with Crippen molar-refractivity contribution in [1.29, 1.82) is 0 Å². The Hall–Kier alpha value is -3.07. The number of fused-ring (bicyclic) bond motifs is 1. The molecule has 1 aliphatic heterocycles. The number of ether oxygens (including phenoxy) is 1. The zero-order chi connectivity index (χ0) is 20.3. The summed E-state index contributed by atoms with van der Waals surface area (Å²) in [6.07, 6.45) is -0.401. The van der Waals surface area contributed by atoms with Crippen LogP contribution in [0.25, 0.3) is 0 Å². The number of halogens is 1. The van der Waals surface area contributed by atoms with Gasteiger partial charge in [0.15, 0.2) is 9.84 Å². The van der Waals surface area contributed by atoms with Crippen molar-refractivity contribution in [3.05, 3.63) is 65.5 Å². The van der Waals surface area contributed by atoms with E-state index < -0.39 is 45.6 Å². The molecule has 1 heterocycles. The van der Waals surface area contributed by atoms with Crippen LogP contribution >= 0.6 is 0 Å². The van der Waals surface area contributed by atoms with Gasteiger partial charge in [0.25, 0.3) is 11.8 Å². The summed E-state index contributed by atoms with van der Waals surface area (Å²) in [4.78, 5) is 37.0. The smallest absolute Gasteiger partial charge is 0.306 e. The molecule has 0 fully saturated rings. The Morgan fingerprint density at radius 3 is 2.11 bits per heavy atom. The maximum absolute atomic E-state index is 12.9. The molecule has 0 saturated heterocycles. The second-order valence-corrected chi connectivity index (χ2v) is 8.16. The third-order valence-corrected chi connectivity index (χ3v) is 5.94. The lowest BCUT2D eigenvalue weighted by molar-refractivity contribution is -0.143. The second kappa shape index (κ2) is 7.89. The Bertz CT molecular complexity index is 998. The summed E-state index contributed by atoms with van der Waals surface area (Å²) in [7, 11) is -3.75. The number of sulfone groups is 1. The maximum atomic E-state index is 12.9. The average Bonchev–Trinajstić information content (AvgIpc) is 2.92. The van der Waals surface area contributed by atoms with Crippen LogP contribution < -0.4 is 0 Å². The van der Waals surface area contributed by atoms with Gasteiger partial charge >= 0.3 is 5.97 Å². The molecular formula is C19H16FNO6S. The molecule has 28 heavy (non-hydrogen) atoms. The molecule has 2 aromatic rings. The summed E-state index contributed by atoms with van der Waals surface area (Å²) >= 11 is 0. The Kier molecular flexibility index (Phi) is 5.55. The van der Waals surface area contributed by atoms with E-state index in [2.05, 4.69) is 0 Å². The highest BCUT2D eigenvalue weighted by Crippen LogP contribution is 2.22. The first kappa shape index (κ1) is 19.7. The fourth-order valence-corrected chi connectivity index (χ4v) is 3.96. The Labute approximate surface area is 160 Å². The van der Waals surface area contributed by atoms with Gasteiger partial charge in [-0.15, -0.1) is 0 Å². The van der Waals surface area contributed by atoms with Crippen LogP contribution in [-0.4, -0.2) is 50.0 Å². The summed E-state index contributed by atoms with van der Waals surface area (Å²) < 4.78 is 42.0. The molecule has 2 amide bonds. The van der Waals surface area contributed by atoms with Gasteiger partial charge in [0.05, 0.1) is 34.7 Å². The zero-order valence-electron chi connectivity index (χ0n) is 14.6. The van der Waals surface area contributed by atoms with Crippen LogP contribution in [0.4, 0.5) is 4.39 Å². The van der Waals surface area contributed by atoms with E-state index in [1.165, 1.54) is 0 Å². The highest BCUT2D eigenvalue weighted by Gasteiger charge is 2.34. The number of hydrogen-bond acceptors (Lipinski definition) is 6. The van der Waals surface area contributed by atoms with Crippen molar-refractivity contribution < 1.29 is 31.9 Å². The van der Waals surface area contributed by atoms with E-state index >= 15 is 0 Å². The van der Waals surface area contributed by atoms with Gasteiger partial charge < -0.3 is 4.74 Å². The van der Waals surface area contributed by atoms with Gasteiger partial charge in [-0.2, -0.15) is 0 Å². The number of carbonyl (C=O) groups excluding carboxylic acids is 3. The molecule has 0 unspecified atom stereocenters. The zero-order valence-corrected chi connectivity index (χ0v) is 15.4. The monoisotopic (exact) mass is 405 g/mol. The molecule has 0 aromatic heterocycles. The molecule has 3 rings (SSSR count). The van der Waals surface area contributed by atoms with E-state index in [4.69, 9.17) is 4.74 Å². The van der Waals surface area contributed by atoms with Crippen LogP contribution in [0, 0.1) is 5.82 Å². The van der Waals surface area contributed by atoms with Crippen LogP contribution in [0.1, 0.15) is 27.1 Å². The number of benzene rings is 2. The van der Waals surface area contributed by atoms with Crippen molar-refractivity contribution >= 4 is 27.6 Å². The summed E-state index contributed by atoms with van der Waals surface area (Å²) in [5, 5.41) is 0. The molecule has 2 aromatic carbocycles. The predicted octanol–water partition coefficient (Wildman–Crippen LogP) is 1.83. The highest BCUT2D eigenvalue weighted by atomic mass is 32.2. The van der Waals surface area contributed by atoms with E-state index in [-0.39, 0.29) is 18.0 Å². The first-order valence-corrected chi connectivity index (χ1v) is 10.0. The van der Waals surface area contributed by atoms with E-state index in [1.54, 1.807) is 24.3 Å². The number of imide groups is 1. The molecule has 1 aliphatic rings. The molecular weight excluding hydrogens is 389 g/mol. The molecule has 0 bridgehead atoms. The molecule has 9 heteroatoms. The number of esters is 1. The van der Waals surface area contributed by atoms with E-state index in [0.717, 1.165) is 29.2 Å². The predicted molar refractivity (Wildman–Crippen MR) is 95.8 cm³/mol. The van der Waals surface area contributed by atoms with Crippen molar-refractivity contribution in [2.75, 3.05) is 18.9 Å². The summed E-state index contributed by atoms with van der Waals surface area (Å²) in [6.45, 7) is -0.357. The number of amides is 2. The fourth-order valence-electron chi connectivity index (χ4n) is 2.74. The Balaban J connectivity index is 1.48. The van der Waals surface area contributed by atoms with Gasteiger partial charge in [0.1, 0.15) is 12.4 Å². The SMILES string of the molecule is O=C(CCS(=O)(=O)c1ccc(F)cc1)OCCN1C(=O)c2ccccc2C1=O. The first-order chi connectivity index (χ1) is 13.3. The largest absolute Gasteiger partial charge is 0.464 e. The first-order valence-electron chi connectivity index (χ1n) is 8.39. The Morgan fingerprint density at radius 2 is 1.54 bits per heavy atom. The maximum Gasteiger partial charge on any atom is 0.306 e. The number of nitrogens with zero attached hydrogens (tertiary/aromatic N) is 1. The van der Waals surface area contributed by atoms with Gasteiger partial charge in [-0.25, -0.2) is 12.8 Å². The van der Waals surface area contributed by atoms with E-state index in [0.29, 0.717) is 11.1 Å². The van der Waals surface area contributed by atoms with Gasteiger partial charge in [-0.3, -0.25) is 19.3 Å². The van der Waals surface area contributed by atoms with Crippen LogP contribution in [-0.2, 0) is 19.4 Å². The minimum atomic E-state index is -3.75. The second-order valence-electron chi connectivity index (χ2n) is 6.05. The fraction of sp³-hybridized carbons (Fsp3) is 0.211. The minimum absolute atomic E-state index is 0.0901. The lowest BCUT2D eigenvalue weighted by Gasteiger charge is -2.13. The minimum Gasteiger partial charge on any atom is -0.464 e. The Morgan fingerprint density at radius 1 is 0.964 bits per heavy atom. The third-order valence-electron chi connectivity index (χ3n) is 4.20. The molecule has 0 spiro atoms.